The van der Waals surface area contributed by atoms with Crippen molar-refractivity contribution in [2.24, 2.45) is 0 Å². The first-order valence-corrected chi connectivity index (χ1v) is 7.12. The second kappa shape index (κ2) is 9.84. The van der Waals surface area contributed by atoms with Crippen LogP contribution in [0.4, 0.5) is 0 Å². The first-order chi connectivity index (χ1) is 9.69. The summed E-state index contributed by atoms with van der Waals surface area (Å²) < 4.78 is 10.6. The lowest BCUT2D eigenvalue weighted by molar-refractivity contribution is 0.199. The van der Waals surface area contributed by atoms with Crippen LogP contribution in [0.2, 0.25) is 10.0 Å². The van der Waals surface area contributed by atoms with Crippen molar-refractivity contribution >= 4 is 23.2 Å². The van der Waals surface area contributed by atoms with Gasteiger partial charge in [0.25, 0.3) is 0 Å². The van der Waals surface area contributed by atoms with E-state index in [0.29, 0.717) is 48.4 Å². The highest BCUT2D eigenvalue weighted by molar-refractivity contribution is 6.35. The fourth-order valence-electron chi connectivity index (χ4n) is 1.63. The van der Waals surface area contributed by atoms with Crippen molar-refractivity contribution in [1.29, 1.82) is 5.26 Å². The van der Waals surface area contributed by atoms with Gasteiger partial charge in [-0.2, -0.15) is 5.26 Å². The molecule has 1 aromatic carbocycles. The Morgan fingerprint density at radius 2 is 2.10 bits per heavy atom. The van der Waals surface area contributed by atoms with Crippen molar-refractivity contribution in [1.82, 2.24) is 5.32 Å². The maximum absolute atomic E-state index is 8.50. The van der Waals surface area contributed by atoms with E-state index in [4.69, 9.17) is 37.9 Å². The largest absolute Gasteiger partial charge is 0.492 e. The summed E-state index contributed by atoms with van der Waals surface area (Å²) in [6.45, 7) is 2.42. The molecule has 110 valence electrons. The van der Waals surface area contributed by atoms with Crippen molar-refractivity contribution in [2.45, 2.75) is 19.4 Å². The van der Waals surface area contributed by atoms with E-state index in [1.165, 1.54) is 0 Å². The number of unbranched alkanes of at least 4 members (excludes halogenated alkanes) is 1. The summed E-state index contributed by atoms with van der Waals surface area (Å²) in [5, 5.41) is 12.8. The van der Waals surface area contributed by atoms with Gasteiger partial charge in [0.2, 0.25) is 0 Å². The second-order valence-corrected chi connectivity index (χ2v) is 5.00. The van der Waals surface area contributed by atoms with Gasteiger partial charge in [0, 0.05) is 37.2 Å². The van der Waals surface area contributed by atoms with Gasteiger partial charge in [0.15, 0.2) is 0 Å². The van der Waals surface area contributed by atoms with E-state index in [-0.39, 0.29) is 0 Å². The standard InChI is InChI=1S/C14H18Cl2N2O2/c1-19-7-5-18-10-11-8-12(15)9-13(16)14(11)20-6-3-2-4-17/h8-9,18H,2-3,5-7,10H2,1H3. The minimum atomic E-state index is 0.458. The molecule has 0 aliphatic carbocycles. The van der Waals surface area contributed by atoms with Crippen molar-refractivity contribution < 1.29 is 9.47 Å². The van der Waals surface area contributed by atoms with Crippen LogP contribution in [-0.4, -0.2) is 26.9 Å². The molecule has 0 saturated carbocycles. The van der Waals surface area contributed by atoms with Crippen molar-refractivity contribution in [3.05, 3.63) is 27.7 Å². The lowest BCUT2D eigenvalue weighted by Crippen LogP contribution is -2.19. The number of rotatable bonds is 9. The molecule has 6 heteroatoms. The van der Waals surface area contributed by atoms with Crippen LogP contribution in [0.25, 0.3) is 0 Å². The predicted octanol–water partition coefficient (Wildman–Crippen LogP) is 3.41. The molecule has 0 amide bonds. The first-order valence-electron chi connectivity index (χ1n) is 6.36. The molecular weight excluding hydrogens is 299 g/mol. The number of hydrogen-bond acceptors (Lipinski definition) is 4. The molecule has 0 spiro atoms. The molecule has 0 fully saturated rings. The van der Waals surface area contributed by atoms with Gasteiger partial charge in [-0.3, -0.25) is 0 Å². The maximum Gasteiger partial charge on any atom is 0.142 e. The molecule has 0 radical (unpaired) electrons. The summed E-state index contributed by atoms with van der Waals surface area (Å²) >= 11 is 12.2. The van der Waals surface area contributed by atoms with E-state index in [9.17, 15) is 0 Å². The molecule has 0 bridgehead atoms. The Labute approximate surface area is 129 Å². The molecule has 0 unspecified atom stereocenters. The third-order valence-electron chi connectivity index (χ3n) is 2.56. The van der Waals surface area contributed by atoms with Gasteiger partial charge in [-0.05, 0) is 18.6 Å². The molecule has 0 aliphatic heterocycles. The van der Waals surface area contributed by atoms with Crippen LogP contribution in [0.5, 0.6) is 5.75 Å². The van der Waals surface area contributed by atoms with Gasteiger partial charge >= 0.3 is 0 Å². The third-order valence-corrected chi connectivity index (χ3v) is 3.06. The summed E-state index contributed by atoms with van der Waals surface area (Å²) in [6.07, 6.45) is 1.14. The molecule has 4 nitrogen and oxygen atoms in total. The fraction of sp³-hybridized carbons (Fsp3) is 0.500. The Hall–Kier alpha value is -0.990. The molecule has 20 heavy (non-hydrogen) atoms. The molecule has 1 aromatic rings. The molecular formula is C14H18Cl2N2O2. The molecule has 1 N–H and O–H groups in total. The molecule has 0 saturated heterocycles. The summed E-state index contributed by atoms with van der Waals surface area (Å²) in [6, 6.07) is 5.56. The topological polar surface area (TPSA) is 54.3 Å². The Bertz CT molecular complexity index is 461. The molecule has 0 atom stereocenters. The maximum atomic E-state index is 8.50. The van der Waals surface area contributed by atoms with E-state index in [2.05, 4.69) is 11.4 Å². The van der Waals surface area contributed by atoms with Gasteiger partial charge in [-0.1, -0.05) is 23.2 Å². The van der Waals surface area contributed by atoms with Gasteiger partial charge in [0.05, 0.1) is 24.3 Å². The Kier molecular flexibility index (Phi) is 8.40. The number of halogens is 2. The van der Waals surface area contributed by atoms with Crippen LogP contribution in [0.1, 0.15) is 18.4 Å². The van der Waals surface area contributed by atoms with Crippen LogP contribution in [0.3, 0.4) is 0 Å². The number of nitriles is 1. The zero-order valence-electron chi connectivity index (χ0n) is 11.4. The van der Waals surface area contributed by atoms with Gasteiger partial charge in [-0.25, -0.2) is 0 Å². The number of nitrogens with one attached hydrogen (secondary N) is 1. The minimum Gasteiger partial charge on any atom is -0.492 e. The highest BCUT2D eigenvalue weighted by Crippen LogP contribution is 2.32. The SMILES string of the molecule is COCCNCc1cc(Cl)cc(Cl)c1OCCCC#N. The van der Waals surface area contributed by atoms with Crippen LogP contribution >= 0.6 is 23.2 Å². The van der Waals surface area contributed by atoms with Crippen LogP contribution in [-0.2, 0) is 11.3 Å². The number of benzene rings is 1. The highest BCUT2D eigenvalue weighted by atomic mass is 35.5. The predicted molar refractivity (Wildman–Crippen MR) is 80.4 cm³/mol. The van der Waals surface area contributed by atoms with E-state index in [1.54, 1.807) is 13.2 Å². The summed E-state index contributed by atoms with van der Waals surface area (Å²) in [5.41, 5.74) is 0.899. The quantitative estimate of drug-likeness (QED) is 0.709. The summed E-state index contributed by atoms with van der Waals surface area (Å²) in [7, 11) is 1.65. The monoisotopic (exact) mass is 316 g/mol. The highest BCUT2D eigenvalue weighted by Gasteiger charge is 2.10. The molecule has 0 aromatic heterocycles. The number of methoxy groups -OCH3 is 1. The minimum absolute atomic E-state index is 0.458. The number of ether oxygens (including phenoxy) is 2. The second-order valence-electron chi connectivity index (χ2n) is 4.16. The first kappa shape index (κ1) is 17.1. The van der Waals surface area contributed by atoms with Crippen LogP contribution in [0, 0.1) is 11.3 Å². The van der Waals surface area contributed by atoms with Crippen LogP contribution in [0.15, 0.2) is 12.1 Å². The van der Waals surface area contributed by atoms with E-state index >= 15 is 0 Å². The lowest BCUT2D eigenvalue weighted by atomic mass is 10.2. The molecule has 0 aliphatic rings. The molecule has 0 heterocycles. The average Bonchev–Trinajstić information content (AvgIpc) is 2.41. The Morgan fingerprint density at radius 1 is 1.30 bits per heavy atom. The summed E-state index contributed by atoms with van der Waals surface area (Å²) in [4.78, 5) is 0. The average molecular weight is 317 g/mol. The smallest absolute Gasteiger partial charge is 0.142 e. The van der Waals surface area contributed by atoms with E-state index in [0.717, 1.165) is 12.1 Å². The Morgan fingerprint density at radius 3 is 2.80 bits per heavy atom. The number of nitrogens with zero attached hydrogens (tertiary/aromatic N) is 1. The van der Waals surface area contributed by atoms with Crippen LogP contribution < -0.4 is 10.1 Å². The molecule has 1 rings (SSSR count). The zero-order chi connectivity index (χ0) is 14.8. The summed E-state index contributed by atoms with van der Waals surface area (Å²) in [5.74, 6) is 0.624. The number of hydrogen-bond donors (Lipinski definition) is 1. The van der Waals surface area contributed by atoms with Crippen molar-refractivity contribution in [2.75, 3.05) is 26.9 Å². The van der Waals surface area contributed by atoms with E-state index in [1.807, 2.05) is 6.07 Å². The lowest BCUT2D eigenvalue weighted by Gasteiger charge is -2.14. The van der Waals surface area contributed by atoms with Gasteiger partial charge in [-0.15, -0.1) is 0 Å². The zero-order valence-corrected chi connectivity index (χ0v) is 12.9. The van der Waals surface area contributed by atoms with Gasteiger partial charge < -0.3 is 14.8 Å². The third kappa shape index (κ3) is 5.98. The van der Waals surface area contributed by atoms with E-state index < -0.39 is 0 Å². The van der Waals surface area contributed by atoms with Crippen molar-refractivity contribution in [3.8, 4) is 11.8 Å². The van der Waals surface area contributed by atoms with Crippen molar-refractivity contribution in [3.63, 3.8) is 0 Å². The Balaban J connectivity index is 2.66. The van der Waals surface area contributed by atoms with Gasteiger partial charge in [0.1, 0.15) is 5.75 Å². The fourth-order valence-corrected chi connectivity index (χ4v) is 2.22. The normalized spacial score (nSPS) is 10.3.